The molecule has 1 unspecified atom stereocenters. The summed E-state index contributed by atoms with van der Waals surface area (Å²) in [6.07, 6.45) is -0.218. The number of rotatable bonds is 9. The van der Waals surface area contributed by atoms with Crippen LogP contribution in [0.1, 0.15) is 26.3 Å². The first-order valence-electron chi connectivity index (χ1n) is 7.29. The molecule has 1 aromatic rings. The lowest BCUT2D eigenvalue weighted by atomic mass is 10.2. The lowest BCUT2D eigenvalue weighted by Gasteiger charge is -2.23. The number of anilines is 1. The maximum Gasteiger partial charge on any atom is 0.171 e. The van der Waals surface area contributed by atoms with E-state index in [2.05, 4.69) is 55.3 Å². The summed E-state index contributed by atoms with van der Waals surface area (Å²) < 4.78 is 10.5. The third kappa shape index (κ3) is 4.78. The molecule has 4 heteroatoms. The Kier molecular flexibility index (Phi) is 7.59. The van der Waals surface area contributed by atoms with E-state index < -0.39 is 0 Å². The highest BCUT2D eigenvalue weighted by Gasteiger charge is 2.14. The second kappa shape index (κ2) is 8.95. The second-order valence-electron chi connectivity index (χ2n) is 4.85. The quantitative estimate of drug-likeness (QED) is 0.705. The normalized spacial score (nSPS) is 12.7. The van der Waals surface area contributed by atoms with Crippen molar-refractivity contribution < 1.29 is 9.47 Å². The fourth-order valence-corrected chi connectivity index (χ4v) is 2.29. The standard InChI is InChI=1S/C16H28N2O2/c1-6-18(7-2)15-10-8-14(9-11-15)12-17-13(3)16(19-4)20-5/h8-11,13,16-17H,6-7,12H2,1-5H3. The van der Waals surface area contributed by atoms with Crippen molar-refractivity contribution in [3.05, 3.63) is 29.8 Å². The predicted octanol–water partition coefficient (Wildman–Crippen LogP) is 2.63. The van der Waals surface area contributed by atoms with Crippen molar-refractivity contribution in [2.45, 2.75) is 39.6 Å². The Morgan fingerprint density at radius 3 is 2.05 bits per heavy atom. The molecule has 0 bridgehead atoms. The fraction of sp³-hybridized carbons (Fsp3) is 0.625. The van der Waals surface area contributed by atoms with Crippen molar-refractivity contribution in [3.8, 4) is 0 Å². The lowest BCUT2D eigenvalue weighted by molar-refractivity contribution is -0.119. The van der Waals surface area contributed by atoms with Gasteiger partial charge in [0.2, 0.25) is 0 Å². The molecule has 0 spiro atoms. The first-order chi connectivity index (χ1) is 9.65. The monoisotopic (exact) mass is 280 g/mol. The van der Waals surface area contributed by atoms with Crippen LogP contribution >= 0.6 is 0 Å². The molecule has 114 valence electrons. The molecule has 0 aliphatic rings. The molecule has 0 saturated carbocycles. The Labute approximate surface area is 123 Å². The molecule has 0 saturated heterocycles. The van der Waals surface area contributed by atoms with Gasteiger partial charge >= 0.3 is 0 Å². The third-order valence-corrected chi connectivity index (χ3v) is 3.57. The van der Waals surface area contributed by atoms with Gasteiger partial charge in [0.05, 0.1) is 6.04 Å². The zero-order valence-corrected chi connectivity index (χ0v) is 13.3. The molecule has 0 fully saturated rings. The van der Waals surface area contributed by atoms with E-state index in [1.54, 1.807) is 14.2 Å². The molecule has 0 aliphatic heterocycles. The Balaban J connectivity index is 2.53. The molecule has 0 aliphatic carbocycles. The summed E-state index contributed by atoms with van der Waals surface area (Å²) in [6.45, 7) is 9.29. The summed E-state index contributed by atoms with van der Waals surface area (Å²) >= 11 is 0. The van der Waals surface area contributed by atoms with Gasteiger partial charge in [-0.1, -0.05) is 12.1 Å². The van der Waals surface area contributed by atoms with Gasteiger partial charge < -0.3 is 19.7 Å². The first kappa shape index (κ1) is 17.0. The van der Waals surface area contributed by atoms with Crippen LogP contribution in [-0.2, 0) is 16.0 Å². The van der Waals surface area contributed by atoms with Crippen molar-refractivity contribution in [1.29, 1.82) is 0 Å². The predicted molar refractivity (Wildman–Crippen MR) is 84.1 cm³/mol. The zero-order valence-electron chi connectivity index (χ0n) is 13.3. The molecule has 0 aromatic heterocycles. The van der Waals surface area contributed by atoms with Crippen LogP contribution in [0.15, 0.2) is 24.3 Å². The maximum absolute atomic E-state index is 5.24. The number of methoxy groups -OCH3 is 2. The number of hydrogen-bond donors (Lipinski definition) is 1. The Morgan fingerprint density at radius 2 is 1.60 bits per heavy atom. The van der Waals surface area contributed by atoms with Gasteiger partial charge in [0.25, 0.3) is 0 Å². The van der Waals surface area contributed by atoms with Crippen LogP contribution in [0, 0.1) is 0 Å². The minimum Gasteiger partial charge on any atom is -0.372 e. The average molecular weight is 280 g/mol. The average Bonchev–Trinajstić information content (AvgIpc) is 2.49. The summed E-state index contributed by atoms with van der Waals surface area (Å²) in [5.74, 6) is 0. The van der Waals surface area contributed by atoms with Gasteiger partial charge in [0.15, 0.2) is 6.29 Å². The number of nitrogens with zero attached hydrogens (tertiary/aromatic N) is 1. The summed E-state index contributed by atoms with van der Waals surface area (Å²) in [6, 6.07) is 8.84. The van der Waals surface area contributed by atoms with Crippen molar-refractivity contribution in [2.75, 3.05) is 32.2 Å². The summed E-state index contributed by atoms with van der Waals surface area (Å²) in [4.78, 5) is 2.34. The highest BCUT2D eigenvalue weighted by atomic mass is 16.7. The molecule has 1 atom stereocenters. The smallest absolute Gasteiger partial charge is 0.171 e. The van der Waals surface area contributed by atoms with E-state index >= 15 is 0 Å². The van der Waals surface area contributed by atoms with Crippen molar-refractivity contribution in [1.82, 2.24) is 5.32 Å². The molecule has 0 radical (unpaired) electrons. The van der Waals surface area contributed by atoms with Crippen LogP contribution in [-0.4, -0.2) is 39.6 Å². The Hall–Kier alpha value is -1.10. The maximum atomic E-state index is 5.24. The fourth-order valence-electron chi connectivity index (χ4n) is 2.29. The first-order valence-corrected chi connectivity index (χ1v) is 7.29. The van der Waals surface area contributed by atoms with Gasteiger partial charge in [-0.2, -0.15) is 0 Å². The van der Waals surface area contributed by atoms with Crippen LogP contribution in [0.5, 0.6) is 0 Å². The van der Waals surface area contributed by atoms with Gasteiger partial charge in [0.1, 0.15) is 0 Å². The minimum atomic E-state index is -0.218. The second-order valence-corrected chi connectivity index (χ2v) is 4.85. The van der Waals surface area contributed by atoms with Gasteiger partial charge in [-0.25, -0.2) is 0 Å². The topological polar surface area (TPSA) is 33.7 Å². The molecule has 1 aromatic carbocycles. The van der Waals surface area contributed by atoms with E-state index in [1.165, 1.54) is 11.3 Å². The zero-order chi connectivity index (χ0) is 15.0. The van der Waals surface area contributed by atoms with Crippen LogP contribution in [0.25, 0.3) is 0 Å². The SMILES string of the molecule is CCN(CC)c1ccc(CNC(C)C(OC)OC)cc1. The molecule has 1 rings (SSSR count). The van der Waals surface area contributed by atoms with Crippen LogP contribution in [0.2, 0.25) is 0 Å². The van der Waals surface area contributed by atoms with E-state index in [0.29, 0.717) is 0 Å². The van der Waals surface area contributed by atoms with Crippen LogP contribution in [0.4, 0.5) is 5.69 Å². The molecule has 1 N–H and O–H groups in total. The summed E-state index contributed by atoms with van der Waals surface area (Å²) in [5, 5.41) is 3.41. The number of ether oxygens (including phenoxy) is 2. The van der Waals surface area contributed by atoms with E-state index in [0.717, 1.165) is 19.6 Å². The van der Waals surface area contributed by atoms with Crippen LogP contribution < -0.4 is 10.2 Å². The molecular formula is C16H28N2O2. The summed E-state index contributed by atoms with van der Waals surface area (Å²) in [5.41, 5.74) is 2.54. The molecule has 20 heavy (non-hydrogen) atoms. The molecule has 0 amide bonds. The van der Waals surface area contributed by atoms with E-state index in [-0.39, 0.29) is 12.3 Å². The number of hydrogen-bond acceptors (Lipinski definition) is 4. The molecule has 4 nitrogen and oxygen atoms in total. The van der Waals surface area contributed by atoms with Gasteiger partial charge in [0, 0.05) is 39.5 Å². The Bertz CT molecular complexity index is 359. The van der Waals surface area contributed by atoms with Crippen LogP contribution in [0.3, 0.4) is 0 Å². The molecule has 0 heterocycles. The largest absolute Gasteiger partial charge is 0.372 e. The van der Waals surface area contributed by atoms with Crippen molar-refractivity contribution in [2.24, 2.45) is 0 Å². The summed E-state index contributed by atoms with van der Waals surface area (Å²) in [7, 11) is 3.32. The number of benzene rings is 1. The van der Waals surface area contributed by atoms with Crippen molar-refractivity contribution in [3.63, 3.8) is 0 Å². The number of nitrogens with one attached hydrogen (secondary N) is 1. The highest BCUT2D eigenvalue weighted by molar-refractivity contribution is 5.47. The Morgan fingerprint density at radius 1 is 1.05 bits per heavy atom. The lowest BCUT2D eigenvalue weighted by Crippen LogP contribution is -2.39. The van der Waals surface area contributed by atoms with E-state index in [1.807, 2.05) is 0 Å². The van der Waals surface area contributed by atoms with Gasteiger partial charge in [-0.05, 0) is 38.5 Å². The van der Waals surface area contributed by atoms with E-state index in [4.69, 9.17) is 9.47 Å². The van der Waals surface area contributed by atoms with Gasteiger partial charge in [-0.3, -0.25) is 0 Å². The third-order valence-electron chi connectivity index (χ3n) is 3.57. The van der Waals surface area contributed by atoms with Crippen molar-refractivity contribution >= 4 is 5.69 Å². The highest BCUT2D eigenvalue weighted by Crippen LogP contribution is 2.15. The molecular weight excluding hydrogens is 252 g/mol. The van der Waals surface area contributed by atoms with Gasteiger partial charge in [-0.15, -0.1) is 0 Å². The van der Waals surface area contributed by atoms with E-state index in [9.17, 15) is 0 Å². The minimum absolute atomic E-state index is 0.146.